The smallest absolute Gasteiger partial charge is 0.218 e. The van der Waals surface area contributed by atoms with E-state index in [0.717, 1.165) is 25.9 Å². The Labute approximate surface area is 326 Å². The number of hydrogen-bond acceptors (Lipinski definition) is 2. The van der Waals surface area contributed by atoms with E-state index in [1.165, 1.54) is 69.3 Å². The molecule has 0 amide bonds. The molecule has 2 aliphatic heterocycles. The Kier molecular flexibility index (Phi) is 9.76. The van der Waals surface area contributed by atoms with Gasteiger partial charge in [-0.2, -0.15) is 4.58 Å². The molecule has 4 aromatic carbocycles. The van der Waals surface area contributed by atoms with Crippen molar-refractivity contribution < 1.29 is 0 Å². The number of hydrogen-bond donors (Lipinski definition) is 0. The summed E-state index contributed by atoms with van der Waals surface area (Å²) in [5.41, 5.74) is 14.4. The van der Waals surface area contributed by atoms with Crippen molar-refractivity contribution in [3.63, 3.8) is 0 Å². The van der Waals surface area contributed by atoms with E-state index in [9.17, 15) is 0 Å². The zero-order valence-electron chi connectivity index (χ0n) is 30.0. The monoisotopic (exact) mass is 882 g/mol. The first-order chi connectivity index (χ1) is 24.1. The number of allylic oxidation sites excluding steroid dienone is 8. The van der Waals surface area contributed by atoms with Gasteiger partial charge in [-0.05, 0) is 132 Å². The van der Waals surface area contributed by atoms with Crippen LogP contribution in [0, 0.1) is 7.14 Å². The number of rotatable bonds is 6. The van der Waals surface area contributed by atoms with Crippen molar-refractivity contribution in [3.8, 4) is 0 Å². The van der Waals surface area contributed by atoms with Gasteiger partial charge in [-0.1, -0.05) is 76.2 Å². The molecule has 0 bridgehead atoms. The van der Waals surface area contributed by atoms with Crippen LogP contribution in [0.15, 0.2) is 144 Å². The lowest BCUT2D eigenvalue weighted by Crippen LogP contribution is -2.26. The third-order valence-corrected chi connectivity index (χ3v) is 12.1. The SMILES string of the molecule is CCN1C(=CC=C2CCC(=CC=C3N(CC)c4ccc(I)cc4C3(C)C)C2=[N+](c2ccccc2)c2ccccc2)C(C)(C)c2cc(I)ccc21. The van der Waals surface area contributed by atoms with Crippen LogP contribution >= 0.6 is 45.2 Å². The predicted octanol–water partition coefficient (Wildman–Crippen LogP) is 12.2. The van der Waals surface area contributed by atoms with Crippen LogP contribution in [-0.2, 0) is 10.8 Å². The zero-order chi connectivity index (χ0) is 35.2. The summed E-state index contributed by atoms with van der Waals surface area (Å²) in [7, 11) is 0. The van der Waals surface area contributed by atoms with Gasteiger partial charge in [0.1, 0.15) is 0 Å². The van der Waals surface area contributed by atoms with Crippen LogP contribution in [-0.4, -0.2) is 18.8 Å². The summed E-state index contributed by atoms with van der Waals surface area (Å²) >= 11 is 4.89. The van der Waals surface area contributed by atoms with Gasteiger partial charge >= 0.3 is 0 Å². The molecule has 0 radical (unpaired) electrons. The summed E-state index contributed by atoms with van der Waals surface area (Å²) in [6.45, 7) is 15.9. The number of nitrogens with zero attached hydrogens (tertiary/aromatic N) is 3. The van der Waals surface area contributed by atoms with E-state index in [4.69, 9.17) is 0 Å². The average molecular weight is 883 g/mol. The van der Waals surface area contributed by atoms with Gasteiger partial charge in [0.25, 0.3) is 0 Å². The van der Waals surface area contributed by atoms with Crippen LogP contribution in [0.4, 0.5) is 22.7 Å². The van der Waals surface area contributed by atoms with E-state index in [1.54, 1.807) is 0 Å². The highest BCUT2D eigenvalue weighted by atomic mass is 127. The molecule has 50 heavy (non-hydrogen) atoms. The molecule has 254 valence electrons. The molecule has 1 saturated carbocycles. The van der Waals surface area contributed by atoms with Gasteiger partial charge in [-0.25, -0.2) is 0 Å². The third kappa shape index (κ3) is 6.12. The molecule has 2 heterocycles. The molecule has 1 fully saturated rings. The van der Waals surface area contributed by atoms with Crippen LogP contribution in [0.1, 0.15) is 65.5 Å². The molecule has 3 aliphatic rings. The van der Waals surface area contributed by atoms with Crippen molar-refractivity contribution >= 4 is 73.6 Å². The van der Waals surface area contributed by atoms with Crippen LogP contribution in [0.2, 0.25) is 0 Å². The summed E-state index contributed by atoms with van der Waals surface area (Å²) in [5, 5.41) is 0. The number of para-hydroxylation sites is 2. The Morgan fingerprint density at radius 3 is 1.36 bits per heavy atom. The van der Waals surface area contributed by atoms with E-state index >= 15 is 0 Å². The van der Waals surface area contributed by atoms with Gasteiger partial charge in [0.2, 0.25) is 17.1 Å². The molecule has 0 aromatic heterocycles. The van der Waals surface area contributed by atoms with Crippen LogP contribution in [0.25, 0.3) is 0 Å². The Hall–Kier alpha value is -3.43. The van der Waals surface area contributed by atoms with Gasteiger partial charge in [-0.3, -0.25) is 0 Å². The lowest BCUT2D eigenvalue weighted by Gasteiger charge is -2.26. The minimum absolute atomic E-state index is 0.0888. The minimum Gasteiger partial charge on any atom is -0.344 e. The molecule has 1 aliphatic carbocycles. The van der Waals surface area contributed by atoms with Gasteiger partial charge in [0.15, 0.2) is 0 Å². The highest BCUT2D eigenvalue weighted by Gasteiger charge is 2.41. The lowest BCUT2D eigenvalue weighted by molar-refractivity contribution is 0.633. The summed E-state index contributed by atoms with van der Waals surface area (Å²) < 4.78 is 5.04. The number of likely N-dealkylation sites (N-methyl/N-ethyl adjacent to an activating group) is 2. The zero-order valence-corrected chi connectivity index (χ0v) is 34.3. The molecule has 7 rings (SSSR count). The molecule has 0 saturated heterocycles. The maximum atomic E-state index is 2.50. The number of anilines is 2. The normalized spacial score (nSPS) is 20.8. The fourth-order valence-corrected chi connectivity index (χ4v) is 9.20. The second-order valence-electron chi connectivity index (χ2n) is 14.4. The second-order valence-corrected chi connectivity index (χ2v) is 16.9. The van der Waals surface area contributed by atoms with E-state index in [2.05, 4.69) is 222 Å². The fraction of sp³-hybridized carbons (Fsp3) is 0.267. The molecular weight excluding hydrogens is 836 g/mol. The summed E-state index contributed by atoms with van der Waals surface area (Å²) in [6, 6.07) is 35.5. The quantitative estimate of drug-likeness (QED) is 0.141. The topological polar surface area (TPSA) is 9.49 Å². The summed E-state index contributed by atoms with van der Waals surface area (Å²) in [5.74, 6) is 0. The minimum atomic E-state index is -0.0888. The molecular formula is C45H46I2N3+. The van der Waals surface area contributed by atoms with Crippen molar-refractivity contribution in [2.45, 2.75) is 65.2 Å². The molecule has 0 N–H and O–H groups in total. The first kappa shape index (κ1) is 35.0. The maximum Gasteiger partial charge on any atom is 0.218 e. The molecule has 3 nitrogen and oxygen atoms in total. The van der Waals surface area contributed by atoms with Crippen LogP contribution in [0.5, 0.6) is 0 Å². The van der Waals surface area contributed by atoms with E-state index in [1.807, 2.05) is 0 Å². The Morgan fingerprint density at radius 1 is 0.580 bits per heavy atom. The maximum absolute atomic E-state index is 2.50. The van der Waals surface area contributed by atoms with Crippen molar-refractivity contribution in [1.29, 1.82) is 0 Å². The molecule has 4 aromatic rings. The number of halogens is 2. The van der Waals surface area contributed by atoms with Crippen molar-refractivity contribution in [1.82, 2.24) is 4.58 Å². The number of benzene rings is 4. The predicted molar refractivity (Wildman–Crippen MR) is 231 cm³/mol. The second kappa shape index (κ2) is 13.9. The third-order valence-electron chi connectivity index (χ3n) is 10.7. The Balaban J connectivity index is 1.42. The van der Waals surface area contributed by atoms with Crippen LogP contribution in [0.3, 0.4) is 0 Å². The standard InChI is InChI=1S/C45H46I2N3/c1-7-48-39-25-23-33(46)29-37(39)44(3,4)41(48)27-21-31-19-20-32(43(31)50(35-15-11-9-12-16-35)36-17-13-10-14-18-36)22-28-42-45(5,6)38-30-34(47)24-26-40(38)49(42)8-2/h9-18,21-30H,7-8,19-20H2,1-6H3/q+1. The molecule has 0 spiro atoms. The highest BCUT2D eigenvalue weighted by molar-refractivity contribution is 14.1. The van der Waals surface area contributed by atoms with Gasteiger partial charge in [0, 0.05) is 89.2 Å². The molecule has 0 unspecified atom stereocenters. The van der Waals surface area contributed by atoms with E-state index < -0.39 is 0 Å². The molecule has 0 atom stereocenters. The Bertz CT molecular complexity index is 1950. The van der Waals surface area contributed by atoms with Crippen molar-refractivity contribution in [2.24, 2.45) is 0 Å². The highest BCUT2D eigenvalue weighted by Crippen LogP contribution is 2.49. The van der Waals surface area contributed by atoms with Crippen LogP contribution < -0.4 is 14.4 Å². The average Bonchev–Trinajstić information content (AvgIpc) is 3.68. The number of fused-ring (bicyclic) bond motifs is 2. The van der Waals surface area contributed by atoms with E-state index in [-0.39, 0.29) is 10.8 Å². The fourth-order valence-electron chi connectivity index (χ4n) is 8.22. The first-order valence-corrected chi connectivity index (χ1v) is 20.0. The van der Waals surface area contributed by atoms with Gasteiger partial charge < -0.3 is 9.80 Å². The van der Waals surface area contributed by atoms with Crippen molar-refractivity contribution in [3.05, 3.63) is 162 Å². The van der Waals surface area contributed by atoms with E-state index in [0.29, 0.717) is 0 Å². The summed E-state index contributed by atoms with van der Waals surface area (Å²) in [6.07, 6.45) is 11.7. The summed E-state index contributed by atoms with van der Waals surface area (Å²) in [4.78, 5) is 5.01. The van der Waals surface area contributed by atoms with Gasteiger partial charge in [-0.15, -0.1) is 0 Å². The lowest BCUT2D eigenvalue weighted by atomic mass is 9.83. The Morgan fingerprint density at radius 2 is 0.980 bits per heavy atom. The molecule has 5 heteroatoms. The largest absolute Gasteiger partial charge is 0.344 e. The van der Waals surface area contributed by atoms with Crippen molar-refractivity contribution in [2.75, 3.05) is 22.9 Å². The van der Waals surface area contributed by atoms with Gasteiger partial charge in [0.05, 0.1) is 0 Å². The first-order valence-electron chi connectivity index (χ1n) is 17.8.